The third-order valence-electron chi connectivity index (χ3n) is 5.09. The number of methoxy groups -OCH3 is 1. The molecule has 2 N–H and O–H groups in total. The Morgan fingerprint density at radius 2 is 1.63 bits per heavy atom. The maximum atomic E-state index is 12.5. The van der Waals surface area contributed by atoms with Crippen molar-refractivity contribution in [1.82, 2.24) is 20.5 Å². The van der Waals surface area contributed by atoms with E-state index in [0.29, 0.717) is 29.0 Å². The first-order chi connectivity index (χ1) is 18.1. The number of ether oxygens (including phenoxy) is 1. The van der Waals surface area contributed by atoms with Crippen LogP contribution in [0.2, 0.25) is 0 Å². The second-order valence-corrected chi connectivity index (χ2v) is 9.07. The number of hydrogen-bond donors (Lipinski definition) is 2. The summed E-state index contributed by atoms with van der Waals surface area (Å²) >= 11 is 0. The van der Waals surface area contributed by atoms with E-state index in [9.17, 15) is 33.4 Å². The number of para-hydroxylation sites is 1. The monoisotopic (exact) mass is 540 g/mol. The number of benzene rings is 3. The smallest absolute Gasteiger partial charge is 0.296 e. The van der Waals surface area contributed by atoms with E-state index >= 15 is 0 Å². The van der Waals surface area contributed by atoms with Crippen molar-refractivity contribution in [3.05, 3.63) is 92.5 Å². The predicted molar refractivity (Wildman–Crippen MR) is 129 cm³/mol. The zero-order valence-corrected chi connectivity index (χ0v) is 20.0. The molecule has 0 atom stereocenters. The second-order valence-electron chi connectivity index (χ2n) is 7.42. The van der Waals surface area contributed by atoms with Crippen LogP contribution < -0.4 is 15.0 Å². The van der Waals surface area contributed by atoms with Gasteiger partial charge in [-0.25, -0.2) is 8.42 Å². The molecular formula is C22H16N6O9S. The van der Waals surface area contributed by atoms with Gasteiger partial charge in [-0.1, -0.05) is 12.1 Å². The van der Waals surface area contributed by atoms with Crippen molar-refractivity contribution >= 4 is 27.3 Å². The summed E-state index contributed by atoms with van der Waals surface area (Å²) in [4.78, 5) is 33.5. The summed E-state index contributed by atoms with van der Waals surface area (Å²) in [5.74, 6) is 0.0271. The molecular weight excluding hydrogens is 524 g/mol. The van der Waals surface area contributed by atoms with E-state index < -0.39 is 42.0 Å². The number of non-ortho nitro benzene ring substituents is 1. The maximum Gasteiger partial charge on any atom is 0.296 e. The molecule has 1 heterocycles. The summed E-state index contributed by atoms with van der Waals surface area (Å²) in [6.07, 6.45) is 0. The topological polar surface area (TPSA) is 210 Å². The van der Waals surface area contributed by atoms with Crippen molar-refractivity contribution in [2.45, 2.75) is 4.90 Å². The first kappa shape index (κ1) is 25.9. The fraction of sp³-hybridized carbons (Fsp3) is 0.0455. The number of nitrogens with one attached hydrogen (secondary N) is 2. The third kappa shape index (κ3) is 5.30. The van der Waals surface area contributed by atoms with Gasteiger partial charge in [0.2, 0.25) is 5.89 Å². The molecule has 0 aliphatic rings. The Morgan fingerprint density at radius 3 is 2.29 bits per heavy atom. The van der Waals surface area contributed by atoms with E-state index in [0.717, 1.165) is 6.07 Å². The van der Waals surface area contributed by atoms with Crippen LogP contribution in [0.1, 0.15) is 10.4 Å². The lowest BCUT2D eigenvalue weighted by atomic mass is 10.1. The molecule has 3 aromatic carbocycles. The Balaban J connectivity index is 1.48. The number of hydrazine groups is 1. The van der Waals surface area contributed by atoms with Crippen molar-refractivity contribution in [2.75, 3.05) is 7.11 Å². The SMILES string of the molecule is COc1ccccc1-c1nnc(-c2ccc(C(=O)NNS(=O)(=O)c3ccc([N+](=O)[O-])cc3[N+](=O)[O-])cc2)o1. The summed E-state index contributed by atoms with van der Waals surface area (Å²) in [7, 11) is -3.14. The lowest BCUT2D eigenvalue weighted by molar-refractivity contribution is -0.396. The van der Waals surface area contributed by atoms with Gasteiger partial charge < -0.3 is 9.15 Å². The van der Waals surface area contributed by atoms with Crippen LogP contribution in [0, 0.1) is 20.2 Å². The summed E-state index contributed by atoms with van der Waals surface area (Å²) in [6, 6.07) is 14.7. The van der Waals surface area contributed by atoms with E-state index in [2.05, 4.69) is 10.2 Å². The Kier molecular flexibility index (Phi) is 7.08. The van der Waals surface area contributed by atoms with Gasteiger partial charge in [0.25, 0.3) is 33.2 Å². The number of aromatic nitrogens is 2. The third-order valence-corrected chi connectivity index (χ3v) is 6.39. The van der Waals surface area contributed by atoms with Crippen LogP contribution in [-0.2, 0) is 10.0 Å². The van der Waals surface area contributed by atoms with Crippen LogP contribution in [0.5, 0.6) is 5.75 Å². The van der Waals surface area contributed by atoms with Gasteiger partial charge in [-0.15, -0.1) is 15.0 Å². The van der Waals surface area contributed by atoms with Gasteiger partial charge in [-0.3, -0.25) is 30.4 Å². The highest BCUT2D eigenvalue weighted by Gasteiger charge is 2.29. The van der Waals surface area contributed by atoms with E-state index in [4.69, 9.17) is 9.15 Å². The number of carbonyl (C=O) groups excluding carboxylic acids is 1. The molecule has 0 spiro atoms. The Morgan fingerprint density at radius 1 is 0.947 bits per heavy atom. The molecule has 16 heteroatoms. The molecule has 0 aliphatic carbocycles. The first-order valence-corrected chi connectivity index (χ1v) is 11.9. The largest absolute Gasteiger partial charge is 0.496 e. The van der Waals surface area contributed by atoms with Crippen LogP contribution in [0.25, 0.3) is 22.9 Å². The van der Waals surface area contributed by atoms with Crippen LogP contribution in [0.3, 0.4) is 0 Å². The first-order valence-electron chi connectivity index (χ1n) is 10.4. The lowest BCUT2D eigenvalue weighted by Gasteiger charge is -2.09. The fourth-order valence-corrected chi connectivity index (χ4v) is 4.26. The fourth-order valence-electron chi connectivity index (χ4n) is 3.26. The number of hydrogen-bond acceptors (Lipinski definition) is 11. The van der Waals surface area contributed by atoms with Crippen LogP contribution >= 0.6 is 0 Å². The van der Waals surface area contributed by atoms with Crippen molar-refractivity contribution < 1.29 is 32.2 Å². The molecule has 4 aromatic rings. The van der Waals surface area contributed by atoms with Crippen LogP contribution in [-0.4, -0.2) is 41.5 Å². The summed E-state index contributed by atoms with van der Waals surface area (Å²) in [5, 5.41) is 30.1. The average Bonchev–Trinajstić information content (AvgIpc) is 3.41. The Hall–Kier alpha value is -5.22. The zero-order chi connectivity index (χ0) is 27.4. The minimum Gasteiger partial charge on any atom is -0.496 e. The number of nitro benzene ring substituents is 2. The van der Waals surface area contributed by atoms with E-state index in [1.807, 2.05) is 5.43 Å². The number of sulfonamides is 1. The molecule has 0 unspecified atom stereocenters. The molecule has 0 fully saturated rings. The maximum absolute atomic E-state index is 12.5. The number of nitro groups is 2. The van der Waals surface area contributed by atoms with Crippen molar-refractivity contribution in [2.24, 2.45) is 0 Å². The molecule has 1 amide bonds. The van der Waals surface area contributed by atoms with Gasteiger partial charge in [-0.2, -0.15) is 0 Å². The van der Waals surface area contributed by atoms with Gasteiger partial charge in [0.05, 0.1) is 28.6 Å². The molecule has 38 heavy (non-hydrogen) atoms. The molecule has 0 bridgehead atoms. The molecule has 15 nitrogen and oxygen atoms in total. The van der Waals surface area contributed by atoms with Gasteiger partial charge in [0.1, 0.15) is 5.75 Å². The quantitative estimate of drug-likeness (QED) is 0.233. The normalized spacial score (nSPS) is 11.1. The minimum atomic E-state index is -4.65. The van der Waals surface area contributed by atoms with Crippen LogP contribution in [0.4, 0.5) is 11.4 Å². The second kappa shape index (κ2) is 10.4. The highest BCUT2D eigenvalue weighted by Crippen LogP contribution is 2.31. The lowest BCUT2D eigenvalue weighted by Crippen LogP contribution is -2.41. The van der Waals surface area contributed by atoms with Gasteiger partial charge in [-0.05, 0) is 42.5 Å². The molecule has 4 rings (SSSR count). The predicted octanol–water partition coefficient (Wildman–Crippen LogP) is 2.85. The molecule has 0 saturated carbocycles. The van der Waals surface area contributed by atoms with Gasteiger partial charge in [0, 0.05) is 17.2 Å². The van der Waals surface area contributed by atoms with E-state index in [1.165, 1.54) is 31.4 Å². The summed E-state index contributed by atoms with van der Waals surface area (Å²) in [6.45, 7) is 0. The number of amides is 1. The number of nitrogens with zero attached hydrogens (tertiary/aromatic N) is 4. The van der Waals surface area contributed by atoms with E-state index in [1.54, 1.807) is 29.1 Å². The molecule has 0 radical (unpaired) electrons. The van der Waals surface area contributed by atoms with E-state index in [-0.39, 0.29) is 17.3 Å². The Labute approximate surface area is 213 Å². The molecule has 0 aliphatic heterocycles. The van der Waals surface area contributed by atoms with Crippen LogP contribution in [0.15, 0.2) is 76.0 Å². The highest BCUT2D eigenvalue weighted by atomic mass is 32.2. The molecule has 0 saturated heterocycles. The van der Waals surface area contributed by atoms with Crippen molar-refractivity contribution in [3.8, 4) is 28.7 Å². The van der Waals surface area contributed by atoms with Gasteiger partial charge in [0.15, 0.2) is 4.90 Å². The average molecular weight is 540 g/mol. The minimum absolute atomic E-state index is 0.0270. The van der Waals surface area contributed by atoms with Crippen molar-refractivity contribution in [3.63, 3.8) is 0 Å². The summed E-state index contributed by atoms with van der Waals surface area (Å²) < 4.78 is 36.1. The molecule has 194 valence electrons. The highest BCUT2D eigenvalue weighted by molar-refractivity contribution is 7.89. The standard InChI is InChI=1S/C22H16N6O9S/c1-36-18-5-3-2-4-16(18)22-25-24-21(37-22)14-8-6-13(7-9-14)20(29)23-26-38(34,35)19-11-10-15(27(30)31)12-17(19)28(32)33/h2-12,26H,1H3,(H,23,29). The van der Waals surface area contributed by atoms with Crippen molar-refractivity contribution in [1.29, 1.82) is 0 Å². The molecule has 1 aromatic heterocycles. The number of rotatable bonds is 9. The summed E-state index contributed by atoms with van der Waals surface area (Å²) in [5.41, 5.74) is 1.32. The zero-order valence-electron chi connectivity index (χ0n) is 19.2. The Bertz CT molecular complexity index is 1650. The number of carbonyl (C=O) groups is 1. The van der Waals surface area contributed by atoms with Gasteiger partial charge >= 0.3 is 0 Å².